The van der Waals surface area contributed by atoms with Crippen LogP contribution < -0.4 is 0 Å². The molecule has 2 fully saturated rings. The first kappa shape index (κ1) is 12.3. The van der Waals surface area contributed by atoms with Gasteiger partial charge in [0.05, 0.1) is 31.9 Å². The second-order valence-electron chi connectivity index (χ2n) is 4.81. The van der Waals surface area contributed by atoms with Gasteiger partial charge in [-0.1, -0.05) is 12.8 Å². The molecule has 1 N–H and O–H groups in total. The minimum absolute atomic E-state index is 0.104. The molecule has 0 bridgehead atoms. The molecule has 5 nitrogen and oxygen atoms in total. The van der Waals surface area contributed by atoms with Crippen LogP contribution in [0.1, 0.15) is 25.7 Å². The van der Waals surface area contributed by atoms with Crippen molar-refractivity contribution in [1.29, 1.82) is 5.26 Å². The first-order valence-electron chi connectivity index (χ1n) is 6.14. The van der Waals surface area contributed by atoms with Gasteiger partial charge < -0.3 is 14.7 Å². The fourth-order valence-electron chi connectivity index (χ4n) is 2.70. The number of hydrogen-bond acceptors (Lipinski definition) is 4. The SMILES string of the molecule is N#CC1(C(=O)N2CCOCC2CO)CCCC1. The summed E-state index contributed by atoms with van der Waals surface area (Å²) in [4.78, 5) is 14.1. The maximum absolute atomic E-state index is 12.5. The summed E-state index contributed by atoms with van der Waals surface area (Å²) in [6, 6.07) is 1.92. The van der Waals surface area contributed by atoms with Crippen LogP contribution >= 0.6 is 0 Å². The normalized spacial score (nSPS) is 27.8. The Balaban J connectivity index is 2.15. The number of nitrogens with zero attached hydrogens (tertiary/aromatic N) is 2. The van der Waals surface area contributed by atoms with Crippen LogP contribution in [0.3, 0.4) is 0 Å². The summed E-state index contributed by atoms with van der Waals surface area (Å²) in [6.45, 7) is 1.23. The Morgan fingerprint density at radius 3 is 2.82 bits per heavy atom. The molecule has 2 aliphatic rings. The van der Waals surface area contributed by atoms with E-state index < -0.39 is 5.41 Å². The zero-order valence-electron chi connectivity index (χ0n) is 9.89. The Morgan fingerprint density at radius 2 is 2.24 bits per heavy atom. The van der Waals surface area contributed by atoms with Crippen molar-refractivity contribution >= 4 is 5.91 Å². The van der Waals surface area contributed by atoms with Gasteiger partial charge in [-0.2, -0.15) is 5.26 Å². The highest BCUT2D eigenvalue weighted by Gasteiger charge is 2.45. The van der Waals surface area contributed by atoms with Gasteiger partial charge >= 0.3 is 0 Å². The molecule has 1 saturated carbocycles. The molecule has 94 valence electrons. The van der Waals surface area contributed by atoms with E-state index in [1.165, 1.54) is 0 Å². The third kappa shape index (κ3) is 2.15. The molecule has 1 aliphatic heterocycles. The Kier molecular flexibility index (Phi) is 3.65. The summed E-state index contributed by atoms with van der Waals surface area (Å²) in [7, 11) is 0. The number of ether oxygens (including phenoxy) is 1. The molecule has 0 aromatic carbocycles. The molecule has 1 saturated heterocycles. The minimum Gasteiger partial charge on any atom is -0.394 e. The predicted octanol–water partition coefficient (Wildman–Crippen LogP) is 0.290. The quantitative estimate of drug-likeness (QED) is 0.750. The van der Waals surface area contributed by atoms with Gasteiger partial charge in [0.15, 0.2) is 0 Å². The first-order chi connectivity index (χ1) is 8.23. The van der Waals surface area contributed by atoms with E-state index in [-0.39, 0.29) is 18.6 Å². The molecule has 0 aromatic heterocycles. The summed E-state index contributed by atoms with van der Waals surface area (Å²) in [6.07, 6.45) is 3.18. The summed E-state index contributed by atoms with van der Waals surface area (Å²) in [5.74, 6) is -0.111. The topological polar surface area (TPSA) is 73.6 Å². The van der Waals surface area contributed by atoms with E-state index in [0.29, 0.717) is 32.6 Å². The lowest BCUT2D eigenvalue weighted by Crippen LogP contribution is -2.54. The van der Waals surface area contributed by atoms with Gasteiger partial charge in [0.25, 0.3) is 0 Å². The van der Waals surface area contributed by atoms with E-state index in [1.807, 2.05) is 0 Å². The van der Waals surface area contributed by atoms with Crippen LogP contribution in [0, 0.1) is 16.7 Å². The molecule has 1 amide bonds. The minimum atomic E-state index is -0.842. The number of aliphatic hydroxyl groups is 1. The highest BCUT2D eigenvalue weighted by Crippen LogP contribution is 2.39. The molecule has 17 heavy (non-hydrogen) atoms. The number of nitriles is 1. The van der Waals surface area contributed by atoms with Crippen LogP contribution in [0.15, 0.2) is 0 Å². The van der Waals surface area contributed by atoms with E-state index in [1.54, 1.807) is 4.90 Å². The summed E-state index contributed by atoms with van der Waals surface area (Å²) >= 11 is 0. The van der Waals surface area contributed by atoms with Gasteiger partial charge in [0.1, 0.15) is 5.41 Å². The molecule has 1 aliphatic carbocycles. The molecule has 1 unspecified atom stereocenters. The Bertz CT molecular complexity index is 331. The number of amides is 1. The lowest BCUT2D eigenvalue weighted by molar-refractivity contribution is -0.149. The Morgan fingerprint density at radius 1 is 1.53 bits per heavy atom. The lowest BCUT2D eigenvalue weighted by Gasteiger charge is -2.38. The average Bonchev–Trinajstić information content (AvgIpc) is 2.88. The van der Waals surface area contributed by atoms with E-state index >= 15 is 0 Å². The van der Waals surface area contributed by atoms with E-state index in [9.17, 15) is 15.2 Å². The first-order valence-corrected chi connectivity index (χ1v) is 6.14. The largest absolute Gasteiger partial charge is 0.394 e. The lowest BCUT2D eigenvalue weighted by atomic mass is 9.85. The van der Waals surface area contributed by atoms with Gasteiger partial charge in [0.2, 0.25) is 5.91 Å². The zero-order chi connectivity index (χ0) is 12.3. The highest BCUT2D eigenvalue weighted by atomic mass is 16.5. The fraction of sp³-hybridized carbons (Fsp3) is 0.833. The van der Waals surface area contributed by atoms with Crippen molar-refractivity contribution in [2.45, 2.75) is 31.7 Å². The predicted molar refractivity (Wildman–Crippen MR) is 59.9 cm³/mol. The molecular weight excluding hydrogens is 220 g/mol. The molecule has 0 aromatic rings. The van der Waals surface area contributed by atoms with E-state index in [4.69, 9.17) is 4.74 Å². The molecule has 0 spiro atoms. The third-order valence-corrected chi connectivity index (χ3v) is 3.78. The smallest absolute Gasteiger partial charge is 0.243 e. The van der Waals surface area contributed by atoms with Crippen molar-refractivity contribution in [2.75, 3.05) is 26.4 Å². The Hall–Kier alpha value is -1.12. The number of carbonyl (C=O) groups excluding carboxylic acids is 1. The summed E-state index contributed by atoms with van der Waals surface area (Å²) in [5.41, 5.74) is -0.842. The molecule has 2 rings (SSSR count). The standard InChI is InChI=1S/C12H18N2O3/c13-9-12(3-1-2-4-12)11(16)14-5-6-17-8-10(14)7-15/h10,15H,1-8H2. The number of aliphatic hydroxyl groups excluding tert-OH is 1. The molecule has 0 radical (unpaired) electrons. The van der Waals surface area contributed by atoms with Crippen molar-refractivity contribution < 1.29 is 14.6 Å². The number of carbonyl (C=O) groups is 1. The second kappa shape index (κ2) is 5.03. The Labute approximate surface area is 101 Å². The summed E-state index contributed by atoms with van der Waals surface area (Å²) < 4.78 is 5.25. The van der Waals surface area contributed by atoms with E-state index in [0.717, 1.165) is 12.8 Å². The van der Waals surface area contributed by atoms with Gasteiger partial charge in [-0.15, -0.1) is 0 Å². The maximum Gasteiger partial charge on any atom is 0.243 e. The van der Waals surface area contributed by atoms with Gasteiger partial charge in [-0.05, 0) is 12.8 Å². The van der Waals surface area contributed by atoms with Crippen LogP contribution in [0.2, 0.25) is 0 Å². The number of morpholine rings is 1. The van der Waals surface area contributed by atoms with Crippen LogP contribution in [0.4, 0.5) is 0 Å². The van der Waals surface area contributed by atoms with Gasteiger partial charge in [0, 0.05) is 6.54 Å². The van der Waals surface area contributed by atoms with Crippen molar-refractivity contribution in [1.82, 2.24) is 4.90 Å². The van der Waals surface area contributed by atoms with Gasteiger partial charge in [-0.25, -0.2) is 0 Å². The van der Waals surface area contributed by atoms with Crippen LogP contribution in [0.25, 0.3) is 0 Å². The van der Waals surface area contributed by atoms with Crippen LogP contribution in [-0.4, -0.2) is 48.3 Å². The second-order valence-corrected chi connectivity index (χ2v) is 4.81. The molecular formula is C12H18N2O3. The van der Waals surface area contributed by atoms with Crippen molar-refractivity contribution in [3.63, 3.8) is 0 Å². The fourth-order valence-corrected chi connectivity index (χ4v) is 2.70. The van der Waals surface area contributed by atoms with Crippen molar-refractivity contribution in [3.8, 4) is 6.07 Å². The monoisotopic (exact) mass is 238 g/mol. The zero-order valence-corrected chi connectivity index (χ0v) is 9.89. The molecule has 5 heteroatoms. The highest BCUT2D eigenvalue weighted by molar-refractivity contribution is 5.86. The van der Waals surface area contributed by atoms with Crippen molar-refractivity contribution in [3.05, 3.63) is 0 Å². The average molecular weight is 238 g/mol. The third-order valence-electron chi connectivity index (χ3n) is 3.78. The van der Waals surface area contributed by atoms with Crippen LogP contribution in [0.5, 0.6) is 0 Å². The summed E-state index contributed by atoms with van der Waals surface area (Å²) in [5, 5.41) is 18.5. The van der Waals surface area contributed by atoms with Gasteiger partial charge in [-0.3, -0.25) is 4.79 Å². The maximum atomic E-state index is 12.5. The molecule has 1 atom stereocenters. The number of rotatable bonds is 2. The number of hydrogen-bond donors (Lipinski definition) is 1. The van der Waals surface area contributed by atoms with Crippen molar-refractivity contribution in [2.24, 2.45) is 5.41 Å². The van der Waals surface area contributed by atoms with Crippen LogP contribution in [-0.2, 0) is 9.53 Å². The molecule has 1 heterocycles. The van der Waals surface area contributed by atoms with E-state index in [2.05, 4.69) is 6.07 Å².